The van der Waals surface area contributed by atoms with Crippen molar-refractivity contribution < 1.29 is 17.9 Å². The number of rotatable bonds is 10. The van der Waals surface area contributed by atoms with E-state index in [0.717, 1.165) is 32.0 Å². The molecule has 1 heterocycles. The number of hydrogen-bond donors (Lipinski definition) is 0. The maximum atomic E-state index is 13.2. The Morgan fingerprint density at radius 1 is 1.00 bits per heavy atom. The molecule has 198 valence electrons. The fourth-order valence-corrected chi connectivity index (χ4v) is 7.45. The molecule has 35 heavy (non-hydrogen) atoms. The second-order valence-electron chi connectivity index (χ2n) is 10.8. The maximum absolute atomic E-state index is 13.2. The van der Waals surface area contributed by atoms with Crippen molar-refractivity contribution in [2.75, 3.05) is 47.9 Å². The molecule has 0 N–H and O–H groups in total. The van der Waals surface area contributed by atoms with Crippen LogP contribution in [0.4, 0.5) is 0 Å². The van der Waals surface area contributed by atoms with Gasteiger partial charge in [0.25, 0.3) is 0 Å². The first-order valence-electron chi connectivity index (χ1n) is 13.1. The molecule has 2 aliphatic rings. The van der Waals surface area contributed by atoms with Crippen molar-refractivity contribution in [3.63, 3.8) is 0 Å². The Hall–Kier alpha value is -1.48. The number of aryl methyl sites for hydroxylation is 2. The van der Waals surface area contributed by atoms with Gasteiger partial charge in [-0.25, -0.2) is 12.7 Å². The minimum absolute atomic E-state index is 0.167. The van der Waals surface area contributed by atoms with E-state index in [4.69, 9.17) is 4.74 Å². The number of likely N-dealkylation sites (tertiary alicyclic amines) is 1. The Bertz CT molecular complexity index is 940. The zero-order chi connectivity index (χ0) is 25.8. The summed E-state index contributed by atoms with van der Waals surface area (Å²) < 4.78 is 32.9. The Kier molecular flexibility index (Phi) is 9.77. The van der Waals surface area contributed by atoms with E-state index in [1.54, 1.807) is 40.1 Å². The average molecular weight is 508 g/mol. The summed E-state index contributed by atoms with van der Waals surface area (Å²) >= 11 is 0. The first-order chi connectivity index (χ1) is 16.5. The first-order valence-corrected chi connectivity index (χ1v) is 14.5. The normalized spacial score (nSPS) is 22.6. The van der Waals surface area contributed by atoms with E-state index in [-0.39, 0.29) is 18.7 Å². The van der Waals surface area contributed by atoms with Crippen molar-refractivity contribution in [3.05, 3.63) is 23.3 Å². The topological polar surface area (TPSA) is 70.2 Å². The van der Waals surface area contributed by atoms with Gasteiger partial charge in [0.1, 0.15) is 11.5 Å². The number of Topliss-reactive ketones (excluding diaryl/α,β-unsaturated/α-hetero) is 1. The van der Waals surface area contributed by atoms with Crippen LogP contribution in [0.15, 0.2) is 17.0 Å². The van der Waals surface area contributed by atoms with Crippen molar-refractivity contribution in [2.45, 2.75) is 82.2 Å². The van der Waals surface area contributed by atoms with Crippen LogP contribution in [0.2, 0.25) is 0 Å². The van der Waals surface area contributed by atoms with Gasteiger partial charge in [0, 0.05) is 38.5 Å². The molecular weight excluding hydrogens is 462 g/mol. The molecule has 7 nitrogen and oxygen atoms in total. The van der Waals surface area contributed by atoms with Crippen molar-refractivity contribution in [1.82, 2.24) is 14.1 Å². The molecule has 0 atom stereocenters. The molecule has 0 radical (unpaired) electrons. The summed E-state index contributed by atoms with van der Waals surface area (Å²) in [6, 6.07) is 4.89. The van der Waals surface area contributed by atoms with Crippen LogP contribution in [0, 0.1) is 19.8 Å². The lowest BCUT2D eigenvalue weighted by molar-refractivity contribution is -0.120. The molecule has 1 aliphatic heterocycles. The van der Waals surface area contributed by atoms with Gasteiger partial charge < -0.3 is 14.5 Å². The van der Waals surface area contributed by atoms with Gasteiger partial charge in [-0.1, -0.05) is 0 Å². The summed E-state index contributed by atoms with van der Waals surface area (Å²) in [5.41, 5.74) is 1.31. The molecule has 0 unspecified atom stereocenters. The number of nitrogens with zero attached hydrogens (tertiary/aromatic N) is 3. The lowest BCUT2D eigenvalue weighted by atomic mass is 9.86. The van der Waals surface area contributed by atoms with Crippen LogP contribution in [-0.2, 0) is 14.8 Å². The Morgan fingerprint density at radius 3 is 2.09 bits per heavy atom. The monoisotopic (exact) mass is 507 g/mol. The van der Waals surface area contributed by atoms with Crippen molar-refractivity contribution >= 4 is 15.8 Å². The quantitative estimate of drug-likeness (QED) is 0.479. The van der Waals surface area contributed by atoms with Gasteiger partial charge in [0.15, 0.2) is 0 Å². The number of carbonyl (C=O) groups excluding carboxylic acids is 1. The molecule has 3 rings (SSSR count). The number of hydrogen-bond acceptors (Lipinski definition) is 6. The van der Waals surface area contributed by atoms with Crippen LogP contribution in [-0.4, -0.2) is 88.3 Å². The third-order valence-corrected chi connectivity index (χ3v) is 10.3. The van der Waals surface area contributed by atoms with Crippen LogP contribution in [0.5, 0.6) is 5.75 Å². The van der Waals surface area contributed by atoms with Crippen LogP contribution in [0.1, 0.15) is 62.5 Å². The van der Waals surface area contributed by atoms with Crippen LogP contribution >= 0.6 is 0 Å². The average Bonchev–Trinajstić information content (AvgIpc) is 2.82. The molecule has 1 aliphatic carbocycles. The first kappa shape index (κ1) is 28.1. The number of carbonyl (C=O) groups is 1. The maximum Gasteiger partial charge on any atom is 0.243 e. The highest BCUT2D eigenvalue weighted by molar-refractivity contribution is 7.89. The minimum atomic E-state index is -3.67. The van der Waals surface area contributed by atoms with Crippen LogP contribution < -0.4 is 4.74 Å². The predicted octanol–water partition coefficient (Wildman–Crippen LogP) is 3.87. The van der Waals surface area contributed by atoms with E-state index in [1.807, 2.05) is 0 Å². The van der Waals surface area contributed by atoms with E-state index in [2.05, 4.69) is 23.9 Å². The van der Waals surface area contributed by atoms with Gasteiger partial charge in [0.05, 0.1) is 12.0 Å². The van der Waals surface area contributed by atoms with E-state index in [9.17, 15) is 13.2 Å². The van der Waals surface area contributed by atoms with Gasteiger partial charge >= 0.3 is 0 Å². The zero-order valence-corrected chi connectivity index (χ0v) is 23.4. The summed E-state index contributed by atoms with van der Waals surface area (Å²) in [7, 11) is 3.83. The second-order valence-corrected chi connectivity index (χ2v) is 12.8. The van der Waals surface area contributed by atoms with Gasteiger partial charge in [-0.2, -0.15) is 0 Å². The SMILES string of the molecule is COc1cc(C)c(S(=O)(=O)N(C)CCC(=O)CC2CCN(C3CCC(N(C)C)CC3)CC2)c(C)c1. The van der Waals surface area contributed by atoms with Crippen LogP contribution in [0.25, 0.3) is 0 Å². The highest BCUT2D eigenvalue weighted by atomic mass is 32.2. The lowest BCUT2D eigenvalue weighted by Crippen LogP contribution is -2.45. The Labute approximate surface area is 212 Å². The summed E-state index contributed by atoms with van der Waals surface area (Å²) in [6.45, 7) is 5.93. The van der Waals surface area contributed by atoms with Gasteiger partial charge in [-0.15, -0.1) is 0 Å². The number of ether oxygens (including phenoxy) is 1. The minimum Gasteiger partial charge on any atom is -0.497 e. The number of benzene rings is 1. The molecule has 1 aromatic carbocycles. The van der Waals surface area contributed by atoms with Crippen molar-refractivity contribution in [3.8, 4) is 5.75 Å². The molecule has 2 fully saturated rings. The molecular formula is C27H45N3O4S. The molecule has 0 spiro atoms. The summed E-state index contributed by atoms with van der Waals surface area (Å²) in [6.07, 6.45) is 8.08. The third-order valence-electron chi connectivity index (χ3n) is 8.12. The number of piperidine rings is 1. The van der Waals surface area contributed by atoms with E-state index >= 15 is 0 Å². The molecule has 1 aromatic rings. The number of ketones is 1. The molecule has 1 saturated heterocycles. The Balaban J connectivity index is 1.44. The molecule has 1 saturated carbocycles. The van der Waals surface area contributed by atoms with Crippen LogP contribution in [0.3, 0.4) is 0 Å². The van der Waals surface area contributed by atoms with Crippen molar-refractivity contribution in [1.29, 1.82) is 0 Å². The predicted molar refractivity (Wildman–Crippen MR) is 141 cm³/mol. The highest BCUT2D eigenvalue weighted by Crippen LogP contribution is 2.31. The molecule has 8 heteroatoms. The Morgan fingerprint density at radius 2 is 1.57 bits per heavy atom. The zero-order valence-electron chi connectivity index (χ0n) is 22.5. The second kappa shape index (κ2) is 12.2. The fraction of sp³-hybridized carbons (Fsp3) is 0.741. The summed E-state index contributed by atoms with van der Waals surface area (Å²) in [5.74, 6) is 1.23. The highest BCUT2D eigenvalue weighted by Gasteiger charge is 2.31. The summed E-state index contributed by atoms with van der Waals surface area (Å²) in [5, 5.41) is 0. The van der Waals surface area contributed by atoms with Crippen molar-refractivity contribution in [2.24, 2.45) is 5.92 Å². The van der Waals surface area contributed by atoms with E-state index < -0.39 is 10.0 Å². The largest absolute Gasteiger partial charge is 0.497 e. The van der Waals surface area contributed by atoms with Gasteiger partial charge in [-0.05, 0) is 109 Å². The number of methoxy groups -OCH3 is 1. The lowest BCUT2D eigenvalue weighted by Gasteiger charge is -2.42. The fourth-order valence-electron chi connectivity index (χ4n) is 5.88. The third kappa shape index (κ3) is 7.06. The van der Waals surface area contributed by atoms with E-state index in [0.29, 0.717) is 40.2 Å². The van der Waals surface area contributed by atoms with Gasteiger partial charge in [-0.3, -0.25) is 4.79 Å². The molecule has 0 bridgehead atoms. The van der Waals surface area contributed by atoms with Gasteiger partial charge in [0.2, 0.25) is 10.0 Å². The number of sulfonamides is 1. The smallest absolute Gasteiger partial charge is 0.243 e. The summed E-state index contributed by atoms with van der Waals surface area (Å²) in [4.78, 5) is 18.0. The molecule has 0 amide bonds. The van der Waals surface area contributed by atoms with E-state index in [1.165, 1.54) is 30.0 Å². The standard InChI is InChI=1S/C27H45N3O4S/c1-20-17-26(34-6)18-21(2)27(20)35(32,33)29(5)14-13-25(31)19-22-11-15-30(16-12-22)24-9-7-23(8-10-24)28(3)4/h17-18,22-24H,7-16,19H2,1-6H3. The molecule has 0 aromatic heterocycles.